The van der Waals surface area contributed by atoms with E-state index in [-0.39, 0.29) is 34.2 Å². The van der Waals surface area contributed by atoms with E-state index in [1.165, 1.54) is 25.1 Å². The zero-order valence-electron chi connectivity index (χ0n) is 23.6. The number of sulfonamides is 1. The van der Waals surface area contributed by atoms with Gasteiger partial charge in [0, 0.05) is 5.56 Å². The molecule has 4 rings (SSSR count). The van der Waals surface area contributed by atoms with E-state index in [4.69, 9.17) is 10.2 Å². The topological polar surface area (TPSA) is 139 Å². The van der Waals surface area contributed by atoms with Crippen LogP contribution in [0.1, 0.15) is 23.7 Å². The van der Waals surface area contributed by atoms with Gasteiger partial charge in [0.25, 0.3) is 10.0 Å². The van der Waals surface area contributed by atoms with Crippen LogP contribution in [0.2, 0.25) is 19.6 Å². The van der Waals surface area contributed by atoms with E-state index in [9.17, 15) is 40.0 Å². The summed E-state index contributed by atoms with van der Waals surface area (Å²) in [4.78, 5) is 3.23. The zero-order valence-corrected chi connectivity index (χ0v) is 25.4. The molecule has 1 unspecified atom stereocenters. The maximum atomic E-state index is 14.0. The summed E-state index contributed by atoms with van der Waals surface area (Å²) in [5, 5.41) is 15.4. The van der Waals surface area contributed by atoms with Crippen molar-refractivity contribution in [1.29, 1.82) is 0 Å². The molecule has 1 aliphatic rings. The lowest BCUT2D eigenvalue weighted by Crippen LogP contribution is -2.47. The highest BCUT2D eigenvalue weighted by atomic mass is 32.2. The maximum Gasteiger partial charge on any atom is 0.573 e. The third kappa shape index (κ3) is 6.86. The fraction of sp³-hybridized carbons (Fsp3) is 0.308. The quantitative estimate of drug-likeness (QED) is 0.0672. The van der Waals surface area contributed by atoms with Gasteiger partial charge in [-0.05, 0) is 74.6 Å². The van der Waals surface area contributed by atoms with Crippen LogP contribution >= 0.6 is 0 Å². The molecule has 44 heavy (non-hydrogen) atoms. The number of fused-ring (bicyclic) bond motifs is 2. The van der Waals surface area contributed by atoms with Gasteiger partial charge in [0.1, 0.15) is 22.9 Å². The molecule has 0 aliphatic carbocycles. The SMILES string of the molecule is CC(O[Si](C)(C)C)(/C(N)=N\O)c1ccc2c(c1)N(S(=O)(=O)c1ccc(OC(F)(F)F)cc1)Cc1ccc(C(F)(F)F)nc1N2. The molecule has 1 aliphatic heterocycles. The Bertz CT molecular complexity index is 1700. The molecule has 0 saturated carbocycles. The summed E-state index contributed by atoms with van der Waals surface area (Å²) < 4.78 is 117. The fourth-order valence-electron chi connectivity index (χ4n) is 4.51. The van der Waals surface area contributed by atoms with Gasteiger partial charge in [-0.2, -0.15) is 13.2 Å². The summed E-state index contributed by atoms with van der Waals surface area (Å²) in [5.41, 5.74) is 3.49. The molecule has 18 heteroatoms. The van der Waals surface area contributed by atoms with Gasteiger partial charge in [-0.1, -0.05) is 17.3 Å². The number of nitrogens with one attached hydrogen (secondary N) is 1. The molecule has 0 bridgehead atoms. The Balaban J connectivity index is 1.92. The van der Waals surface area contributed by atoms with E-state index < -0.39 is 59.4 Å². The van der Waals surface area contributed by atoms with E-state index in [0.29, 0.717) is 6.07 Å². The summed E-state index contributed by atoms with van der Waals surface area (Å²) in [6, 6.07) is 9.41. The van der Waals surface area contributed by atoms with Crippen LogP contribution in [0.25, 0.3) is 0 Å². The van der Waals surface area contributed by atoms with Crippen LogP contribution in [-0.2, 0) is 32.8 Å². The number of benzene rings is 2. The van der Waals surface area contributed by atoms with Crippen LogP contribution in [0.4, 0.5) is 43.5 Å². The van der Waals surface area contributed by atoms with Crippen LogP contribution < -0.4 is 20.1 Å². The molecule has 1 aromatic heterocycles. The number of pyridine rings is 1. The Hall–Kier alpha value is -4.03. The van der Waals surface area contributed by atoms with E-state index in [1.807, 2.05) is 19.6 Å². The van der Waals surface area contributed by atoms with Crippen molar-refractivity contribution in [2.75, 3.05) is 9.62 Å². The van der Waals surface area contributed by atoms with E-state index >= 15 is 0 Å². The molecule has 0 spiro atoms. The number of ether oxygens (including phenoxy) is 1. The smallest absolute Gasteiger partial charge is 0.409 e. The first-order chi connectivity index (χ1) is 20.1. The number of aromatic nitrogens is 1. The second kappa shape index (κ2) is 11.2. The summed E-state index contributed by atoms with van der Waals surface area (Å²) in [7, 11) is -7.03. The largest absolute Gasteiger partial charge is 0.573 e. The molecule has 0 fully saturated rings. The average molecular weight is 664 g/mol. The van der Waals surface area contributed by atoms with Gasteiger partial charge in [0.05, 0.1) is 22.8 Å². The highest BCUT2D eigenvalue weighted by Crippen LogP contribution is 2.43. The highest BCUT2D eigenvalue weighted by molar-refractivity contribution is 7.92. The number of anilines is 3. The molecule has 238 valence electrons. The third-order valence-corrected chi connectivity index (χ3v) is 9.20. The molecule has 0 radical (unpaired) electrons. The number of hydrogen-bond donors (Lipinski definition) is 3. The third-order valence-electron chi connectivity index (χ3n) is 6.41. The van der Waals surface area contributed by atoms with Gasteiger partial charge < -0.3 is 25.4 Å². The predicted molar refractivity (Wildman–Crippen MR) is 151 cm³/mol. The van der Waals surface area contributed by atoms with Crippen LogP contribution in [0, 0.1) is 0 Å². The van der Waals surface area contributed by atoms with Crippen molar-refractivity contribution in [2.24, 2.45) is 10.9 Å². The van der Waals surface area contributed by atoms with Crippen LogP contribution in [0.5, 0.6) is 5.75 Å². The minimum absolute atomic E-state index is 0.0230. The Labute approximate surface area is 249 Å². The van der Waals surface area contributed by atoms with E-state index in [0.717, 1.165) is 34.6 Å². The average Bonchev–Trinajstić information content (AvgIpc) is 3.06. The van der Waals surface area contributed by atoms with Gasteiger partial charge in [0.2, 0.25) is 0 Å². The molecular formula is C26H27F6N5O5SSi. The van der Waals surface area contributed by atoms with Crippen molar-refractivity contribution in [2.45, 2.75) is 56.1 Å². The molecule has 2 heterocycles. The summed E-state index contributed by atoms with van der Waals surface area (Å²) in [5.74, 6) is -1.28. The number of hydrogen-bond acceptors (Lipinski definition) is 8. The molecular weight excluding hydrogens is 636 g/mol. The number of nitrogens with zero attached hydrogens (tertiary/aromatic N) is 3. The number of amidine groups is 1. The Kier molecular flexibility index (Phi) is 8.33. The Morgan fingerprint density at radius 2 is 1.68 bits per heavy atom. The zero-order chi connectivity index (χ0) is 32.9. The molecule has 2 aromatic carbocycles. The molecule has 0 amide bonds. The van der Waals surface area contributed by atoms with E-state index in [1.54, 1.807) is 0 Å². The number of oxime groups is 1. The second-order valence-electron chi connectivity index (χ2n) is 10.8. The lowest BCUT2D eigenvalue weighted by atomic mass is 9.94. The number of halogens is 6. The van der Waals surface area contributed by atoms with Crippen molar-refractivity contribution in [3.05, 3.63) is 71.4 Å². The molecule has 3 aromatic rings. The summed E-state index contributed by atoms with van der Waals surface area (Å²) in [6.07, 6.45) is -9.80. The van der Waals surface area contributed by atoms with Crippen molar-refractivity contribution in [1.82, 2.24) is 4.98 Å². The molecule has 10 nitrogen and oxygen atoms in total. The van der Waals surface area contributed by atoms with Gasteiger partial charge in [0.15, 0.2) is 14.2 Å². The van der Waals surface area contributed by atoms with E-state index in [2.05, 4.69) is 20.2 Å². The number of rotatable bonds is 7. The highest BCUT2D eigenvalue weighted by Gasteiger charge is 2.40. The first-order valence-corrected chi connectivity index (χ1v) is 17.5. The minimum atomic E-state index is -5.01. The van der Waals surface area contributed by atoms with Gasteiger partial charge >= 0.3 is 12.5 Å². The van der Waals surface area contributed by atoms with Crippen molar-refractivity contribution in [3.63, 3.8) is 0 Å². The van der Waals surface area contributed by atoms with Crippen LogP contribution in [0.15, 0.2) is 64.6 Å². The standard InChI is InChI=1S/C26H27F6N5O5SSi/c1-24(23(33)36-38,42-44(2,3)4)16-6-11-19-20(13-16)37(14-15-5-12-21(25(27,28)29)35-22(15)34-19)43(39,40)18-9-7-17(8-10-18)41-26(30,31)32/h5-13,38H,14H2,1-4H3,(H2,33,36)(H,34,35). The second-order valence-corrected chi connectivity index (χ2v) is 17.1. The van der Waals surface area contributed by atoms with Crippen LogP contribution in [0.3, 0.4) is 0 Å². The lowest BCUT2D eigenvalue weighted by Gasteiger charge is -2.36. The molecule has 1 atom stereocenters. The normalized spacial score (nSPS) is 15.9. The first kappa shape index (κ1) is 32.9. The number of alkyl halides is 6. The van der Waals surface area contributed by atoms with Crippen molar-refractivity contribution < 1.29 is 49.1 Å². The lowest BCUT2D eigenvalue weighted by molar-refractivity contribution is -0.274. The fourth-order valence-corrected chi connectivity index (χ4v) is 7.41. The minimum Gasteiger partial charge on any atom is -0.409 e. The van der Waals surface area contributed by atoms with Crippen molar-refractivity contribution in [3.8, 4) is 5.75 Å². The van der Waals surface area contributed by atoms with Gasteiger partial charge in [-0.15, -0.1) is 13.2 Å². The van der Waals surface area contributed by atoms with Crippen LogP contribution in [-0.4, -0.2) is 39.1 Å². The molecule has 4 N–H and O–H groups in total. The number of nitrogens with two attached hydrogens (primary N) is 1. The van der Waals surface area contributed by atoms with Crippen molar-refractivity contribution >= 4 is 41.4 Å². The summed E-state index contributed by atoms with van der Waals surface area (Å²) >= 11 is 0. The monoisotopic (exact) mass is 663 g/mol. The van der Waals surface area contributed by atoms with Gasteiger partial charge in [-0.3, -0.25) is 4.31 Å². The predicted octanol–water partition coefficient (Wildman–Crippen LogP) is 6.26. The summed E-state index contributed by atoms with van der Waals surface area (Å²) in [6.45, 7) is 6.50. The maximum absolute atomic E-state index is 14.0. The Morgan fingerprint density at radius 3 is 2.23 bits per heavy atom. The first-order valence-electron chi connectivity index (χ1n) is 12.7. The molecule has 0 saturated heterocycles. The van der Waals surface area contributed by atoms with Gasteiger partial charge in [-0.25, -0.2) is 13.4 Å². The Morgan fingerprint density at radius 1 is 1.05 bits per heavy atom.